The Hall–Kier alpha value is -3.08. The monoisotopic (exact) mass is 479 g/mol. The first-order valence-corrected chi connectivity index (χ1v) is 12.4. The van der Waals surface area contributed by atoms with E-state index >= 15 is 0 Å². The van der Waals surface area contributed by atoms with E-state index in [1.807, 2.05) is 47.8 Å². The van der Waals surface area contributed by atoms with Crippen LogP contribution < -0.4 is 5.32 Å². The average Bonchev–Trinajstić information content (AvgIpc) is 3.46. The molecule has 10 heteroatoms. The van der Waals surface area contributed by atoms with Crippen molar-refractivity contribution in [2.45, 2.75) is 18.1 Å². The van der Waals surface area contributed by atoms with Crippen molar-refractivity contribution in [2.24, 2.45) is 0 Å². The molecule has 1 amide bonds. The van der Waals surface area contributed by atoms with Gasteiger partial charge in [0, 0.05) is 35.4 Å². The summed E-state index contributed by atoms with van der Waals surface area (Å²) in [4.78, 5) is 23.3. The number of hydrogen-bond acceptors (Lipinski definition) is 8. The van der Waals surface area contributed by atoms with Gasteiger partial charge in [-0.1, -0.05) is 42.1 Å². The summed E-state index contributed by atoms with van der Waals surface area (Å²) in [6.45, 7) is 1.71. The second-order valence-electron chi connectivity index (χ2n) is 7.59. The van der Waals surface area contributed by atoms with Gasteiger partial charge in [0.05, 0.1) is 11.4 Å². The van der Waals surface area contributed by atoms with E-state index in [0.29, 0.717) is 5.13 Å². The molecule has 4 aromatic rings. The first-order valence-electron chi connectivity index (χ1n) is 10.5. The maximum Gasteiger partial charge on any atom is 0.236 e. The molecule has 0 unspecified atom stereocenters. The van der Waals surface area contributed by atoms with Gasteiger partial charge in [0.25, 0.3) is 0 Å². The summed E-state index contributed by atoms with van der Waals surface area (Å²) in [6.07, 6.45) is 4.43. The Labute approximate surface area is 201 Å². The first kappa shape index (κ1) is 23.1. The molecule has 0 aliphatic heterocycles. The topological polar surface area (TPSA) is 88.8 Å². The number of benzene rings is 1. The van der Waals surface area contributed by atoms with Crippen LogP contribution in [0.25, 0.3) is 22.6 Å². The highest BCUT2D eigenvalue weighted by atomic mass is 32.2. The molecular formula is C23H25N7OS2. The van der Waals surface area contributed by atoms with Gasteiger partial charge in [0.1, 0.15) is 0 Å². The van der Waals surface area contributed by atoms with Gasteiger partial charge < -0.3 is 14.8 Å². The molecule has 1 N–H and O–H groups in total. The molecule has 0 spiro atoms. The van der Waals surface area contributed by atoms with Crippen LogP contribution >= 0.6 is 23.1 Å². The lowest BCUT2D eigenvalue weighted by Gasteiger charge is -2.13. The maximum absolute atomic E-state index is 12.6. The Morgan fingerprint density at radius 2 is 1.88 bits per heavy atom. The summed E-state index contributed by atoms with van der Waals surface area (Å²) < 4.78 is 2.08. The molecule has 1 aromatic carbocycles. The molecule has 3 aromatic heterocycles. The van der Waals surface area contributed by atoms with Gasteiger partial charge in [-0.2, -0.15) is 0 Å². The van der Waals surface area contributed by atoms with Crippen LogP contribution in [0.1, 0.15) is 6.42 Å². The molecule has 0 radical (unpaired) electrons. The number of pyridine rings is 1. The second kappa shape index (κ2) is 11.2. The predicted molar refractivity (Wildman–Crippen MR) is 133 cm³/mol. The minimum absolute atomic E-state index is 0.123. The molecule has 3 heterocycles. The molecule has 0 bridgehead atoms. The van der Waals surface area contributed by atoms with Crippen LogP contribution in [-0.4, -0.2) is 61.9 Å². The van der Waals surface area contributed by atoms with Crippen LogP contribution in [0.5, 0.6) is 0 Å². The molecule has 4 rings (SSSR count). The van der Waals surface area contributed by atoms with Crippen molar-refractivity contribution in [3.8, 4) is 22.6 Å². The highest BCUT2D eigenvalue weighted by Gasteiger charge is 2.16. The van der Waals surface area contributed by atoms with E-state index in [1.54, 1.807) is 12.4 Å². The third-order valence-corrected chi connectivity index (χ3v) is 6.52. The molecule has 0 aliphatic rings. The van der Waals surface area contributed by atoms with Crippen LogP contribution in [0, 0.1) is 0 Å². The van der Waals surface area contributed by atoms with Gasteiger partial charge in [-0.05, 0) is 39.2 Å². The van der Waals surface area contributed by atoms with Gasteiger partial charge in [-0.3, -0.25) is 9.78 Å². The third-order valence-electron chi connectivity index (χ3n) is 4.79. The van der Waals surface area contributed by atoms with E-state index in [-0.39, 0.29) is 11.7 Å². The van der Waals surface area contributed by atoms with Gasteiger partial charge in [0.2, 0.25) is 5.91 Å². The Balaban J connectivity index is 1.41. The third kappa shape index (κ3) is 6.25. The van der Waals surface area contributed by atoms with Crippen molar-refractivity contribution in [1.82, 2.24) is 29.6 Å². The Kier molecular flexibility index (Phi) is 7.82. The van der Waals surface area contributed by atoms with Crippen LogP contribution in [0.3, 0.4) is 0 Å². The number of nitrogens with zero attached hydrogens (tertiary/aromatic N) is 6. The summed E-state index contributed by atoms with van der Waals surface area (Å²) in [6, 6.07) is 13.7. The van der Waals surface area contributed by atoms with Crippen molar-refractivity contribution in [3.05, 3.63) is 60.2 Å². The normalized spacial score (nSPS) is 11.1. The van der Waals surface area contributed by atoms with Crippen molar-refractivity contribution in [3.63, 3.8) is 0 Å². The van der Waals surface area contributed by atoms with E-state index in [2.05, 4.69) is 49.0 Å². The predicted octanol–water partition coefficient (Wildman–Crippen LogP) is 4.15. The second-order valence-corrected chi connectivity index (χ2v) is 9.39. The lowest BCUT2D eigenvalue weighted by molar-refractivity contribution is -0.113. The molecule has 170 valence electrons. The summed E-state index contributed by atoms with van der Waals surface area (Å²) in [7, 11) is 4.11. The van der Waals surface area contributed by atoms with E-state index < -0.39 is 0 Å². The Morgan fingerprint density at radius 3 is 2.64 bits per heavy atom. The van der Waals surface area contributed by atoms with Crippen LogP contribution in [0.15, 0.2) is 65.4 Å². The van der Waals surface area contributed by atoms with Crippen molar-refractivity contribution in [2.75, 3.05) is 31.7 Å². The zero-order valence-corrected chi connectivity index (χ0v) is 20.1. The minimum Gasteiger partial charge on any atom is -0.309 e. The zero-order chi connectivity index (χ0) is 23.0. The fraction of sp³-hybridized carbons (Fsp3) is 0.261. The fourth-order valence-electron chi connectivity index (χ4n) is 3.21. The lowest BCUT2D eigenvalue weighted by Crippen LogP contribution is -2.16. The smallest absolute Gasteiger partial charge is 0.236 e. The number of hydrogen-bond donors (Lipinski definition) is 1. The van der Waals surface area contributed by atoms with E-state index in [9.17, 15) is 4.79 Å². The summed E-state index contributed by atoms with van der Waals surface area (Å²) in [5.41, 5.74) is 2.83. The molecule has 0 aliphatic carbocycles. The Bertz CT molecular complexity index is 1180. The molecule has 0 saturated carbocycles. The standard InChI is InChI=1S/C23H25N7OS2/c1-29(2)13-6-14-30-21(18-9-11-24-12-10-18)27-28-23(30)33-16-20(31)26-22-25-19(15-32-22)17-7-4-3-5-8-17/h3-5,7-12,15H,6,13-14,16H2,1-2H3,(H,25,26,31). The van der Waals surface area contributed by atoms with Gasteiger partial charge in [-0.25, -0.2) is 4.98 Å². The molecular weight excluding hydrogens is 454 g/mol. The van der Waals surface area contributed by atoms with E-state index in [4.69, 9.17) is 0 Å². The van der Waals surface area contributed by atoms with Crippen LogP contribution in [-0.2, 0) is 11.3 Å². The molecule has 33 heavy (non-hydrogen) atoms. The maximum atomic E-state index is 12.6. The van der Waals surface area contributed by atoms with Crippen LogP contribution in [0.2, 0.25) is 0 Å². The summed E-state index contributed by atoms with van der Waals surface area (Å²) in [5, 5.41) is 14.9. The lowest BCUT2D eigenvalue weighted by atomic mass is 10.2. The van der Waals surface area contributed by atoms with Gasteiger partial charge >= 0.3 is 0 Å². The summed E-state index contributed by atoms with van der Waals surface area (Å²) in [5.74, 6) is 0.885. The van der Waals surface area contributed by atoms with Crippen molar-refractivity contribution < 1.29 is 4.79 Å². The van der Waals surface area contributed by atoms with Crippen molar-refractivity contribution in [1.29, 1.82) is 0 Å². The molecule has 0 atom stereocenters. The highest BCUT2D eigenvalue weighted by molar-refractivity contribution is 7.99. The van der Waals surface area contributed by atoms with Crippen molar-refractivity contribution >= 4 is 34.1 Å². The number of anilines is 1. The molecule has 0 saturated heterocycles. The van der Waals surface area contributed by atoms with Gasteiger partial charge in [0.15, 0.2) is 16.1 Å². The number of aromatic nitrogens is 5. The summed E-state index contributed by atoms with van der Waals surface area (Å²) >= 11 is 2.79. The molecule has 0 fully saturated rings. The molecule has 8 nitrogen and oxygen atoms in total. The number of thioether (sulfide) groups is 1. The SMILES string of the molecule is CN(C)CCCn1c(SCC(=O)Nc2nc(-c3ccccc3)cs2)nnc1-c1ccncc1. The minimum atomic E-state index is -0.123. The number of rotatable bonds is 10. The van der Waals surface area contributed by atoms with E-state index in [0.717, 1.165) is 47.3 Å². The van der Waals surface area contributed by atoms with Crippen LogP contribution in [0.4, 0.5) is 5.13 Å². The van der Waals surface area contributed by atoms with E-state index in [1.165, 1.54) is 23.1 Å². The highest BCUT2D eigenvalue weighted by Crippen LogP contribution is 2.26. The quantitative estimate of drug-likeness (QED) is 0.342. The largest absolute Gasteiger partial charge is 0.309 e. The fourth-order valence-corrected chi connectivity index (χ4v) is 4.72. The Morgan fingerprint density at radius 1 is 1.09 bits per heavy atom. The zero-order valence-electron chi connectivity index (χ0n) is 18.5. The number of nitrogens with one attached hydrogen (secondary N) is 1. The number of carbonyl (C=O) groups excluding carboxylic acids is 1. The number of thiazole rings is 1. The first-order chi connectivity index (χ1) is 16.1. The van der Waals surface area contributed by atoms with Gasteiger partial charge in [-0.15, -0.1) is 21.5 Å². The number of amides is 1. The number of carbonyl (C=O) groups is 1. The average molecular weight is 480 g/mol.